The number of rotatable bonds is 4. The zero-order chi connectivity index (χ0) is 11.4. The van der Waals surface area contributed by atoms with Crippen LogP contribution in [0.2, 0.25) is 0 Å². The van der Waals surface area contributed by atoms with Gasteiger partial charge in [-0.25, -0.2) is 9.79 Å². The van der Waals surface area contributed by atoms with Gasteiger partial charge in [0.25, 0.3) is 0 Å². The first-order chi connectivity index (χ1) is 7.75. The smallest absolute Gasteiger partial charge is 0.341 e. The first kappa shape index (κ1) is 13.3. The monoisotopic (exact) mass is 257 g/mol. The maximum atomic E-state index is 10.3. The second kappa shape index (κ2) is 6.10. The fourth-order valence-corrected chi connectivity index (χ4v) is 1.35. The first-order valence-electron chi connectivity index (χ1n) is 4.88. The third-order valence-electron chi connectivity index (χ3n) is 2.05. The fraction of sp³-hybridized carbons (Fsp3) is 0.273. The van der Waals surface area contributed by atoms with Crippen LogP contribution in [-0.4, -0.2) is 36.7 Å². The Hall–Kier alpha value is -1.75. The lowest BCUT2D eigenvalue weighted by Crippen LogP contribution is -2.09. The van der Waals surface area contributed by atoms with E-state index in [2.05, 4.69) is 4.99 Å². The van der Waals surface area contributed by atoms with Gasteiger partial charge in [0.15, 0.2) is 6.61 Å². The molecule has 1 aliphatic rings. The molecule has 0 spiro atoms. The lowest BCUT2D eigenvalue weighted by molar-refractivity contribution is -0.139. The third-order valence-corrected chi connectivity index (χ3v) is 2.05. The van der Waals surface area contributed by atoms with Gasteiger partial charge in [0, 0.05) is 5.56 Å². The Morgan fingerprint density at radius 1 is 1.41 bits per heavy atom. The van der Waals surface area contributed by atoms with Crippen LogP contribution >= 0.6 is 12.4 Å². The van der Waals surface area contributed by atoms with Gasteiger partial charge in [0.2, 0.25) is 5.90 Å². The number of carboxylic acids is 1. The van der Waals surface area contributed by atoms with Crippen LogP contribution in [0, 0.1) is 0 Å². The summed E-state index contributed by atoms with van der Waals surface area (Å²) in [5, 5.41) is 8.44. The van der Waals surface area contributed by atoms with E-state index in [1.165, 1.54) is 0 Å². The number of carbonyl (C=O) groups is 1. The van der Waals surface area contributed by atoms with E-state index in [4.69, 9.17) is 14.6 Å². The molecule has 0 saturated carbocycles. The van der Waals surface area contributed by atoms with E-state index >= 15 is 0 Å². The Morgan fingerprint density at radius 2 is 2.12 bits per heavy atom. The molecule has 0 saturated heterocycles. The summed E-state index contributed by atoms with van der Waals surface area (Å²) >= 11 is 0. The summed E-state index contributed by atoms with van der Waals surface area (Å²) in [6.45, 7) is 0.968. The number of hydrogen-bond acceptors (Lipinski definition) is 4. The van der Waals surface area contributed by atoms with Crippen LogP contribution in [-0.2, 0) is 9.53 Å². The average Bonchev–Trinajstić information content (AvgIpc) is 2.80. The van der Waals surface area contributed by atoms with Crippen LogP contribution in [0.1, 0.15) is 5.56 Å². The average molecular weight is 258 g/mol. The van der Waals surface area contributed by atoms with Crippen LogP contribution in [0.25, 0.3) is 0 Å². The van der Waals surface area contributed by atoms with Gasteiger partial charge in [-0.05, 0) is 24.3 Å². The first-order valence-corrected chi connectivity index (χ1v) is 4.88. The maximum Gasteiger partial charge on any atom is 0.341 e. The molecule has 1 N–H and O–H groups in total. The van der Waals surface area contributed by atoms with Gasteiger partial charge in [-0.2, -0.15) is 0 Å². The molecule has 6 heteroatoms. The number of aliphatic imine (C=N–C) groups is 1. The minimum Gasteiger partial charge on any atom is -0.482 e. The van der Waals surface area contributed by atoms with Crippen LogP contribution in [0.5, 0.6) is 5.75 Å². The van der Waals surface area contributed by atoms with E-state index in [-0.39, 0.29) is 19.0 Å². The summed E-state index contributed by atoms with van der Waals surface area (Å²) in [4.78, 5) is 14.5. The zero-order valence-electron chi connectivity index (χ0n) is 8.96. The fourth-order valence-electron chi connectivity index (χ4n) is 1.35. The molecule has 1 aliphatic heterocycles. The Balaban J connectivity index is 0.00000144. The summed E-state index contributed by atoms with van der Waals surface area (Å²) in [5.74, 6) is 0.155. The molecule has 17 heavy (non-hydrogen) atoms. The summed E-state index contributed by atoms with van der Waals surface area (Å²) in [6.07, 6.45) is 0. The van der Waals surface area contributed by atoms with Gasteiger partial charge >= 0.3 is 5.97 Å². The normalized spacial score (nSPS) is 13.3. The van der Waals surface area contributed by atoms with Crippen molar-refractivity contribution in [2.75, 3.05) is 19.8 Å². The van der Waals surface area contributed by atoms with Gasteiger partial charge in [-0.1, -0.05) is 0 Å². The minimum absolute atomic E-state index is 0. The highest BCUT2D eigenvalue weighted by Gasteiger charge is 2.09. The highest BCUT2D eigenvalue weighted by Crippen LogP contribution is 2.14. The van der Waals surface area contributed by atoms with E-state index < -0.39 is 5.97 Å². The van der Waals surface area contributed by atoms with E-state index in [1.807, 2.05) is 0 Å². The number of benzene rings is 1. The van der Waals surface area contributed by atoms with E-state index in [9.17, 15) is 4.79 Å². The highest BCUT2D eigenvalue weighted by molar-refractivity contribution is 5.95. The van der Waals surface area contributed by atoms with Crippen molar-refractivity contribution in [3.63, 3.8) is 0 Å². The molecule has 5 nitrogen and oxygen atoms in total. The van der Waals surface area contributed by atoms with Crippen molar-refractivity contribution >= 4 is 24.3 Å². The number of ether oxygens (including phenoxy) is 2. The summed E-state index contributed by atoms with van der Waals surface area (Å²) in [7, 11) is 0. The molecule has 92 valence electrons. The molecule has 0 atom stereocenters. The highest BCUT2D eigenvalue weighted by atomic mass is 35.5. The molecule has 0 aromatic heterocycles. The number of hydrogen-bond donors (Lipinski definition) is 1. The quantitative estimate of drug-likeness (QED) is 0.884. The minimum atomic E-state index is -0.993. The molecule has 0 unspecified atom stereocenters. The van der Waals surface area contributed by atoms with Crippen LogP contribution in [0.3, 0.4) is 0 Å². The Labute approximate surface area is 104 Å². The molecule has 2 rings (SSSR count). The lowest BCUT2D eigenvalue weighted by atomic mass is 10.2. The molecular weight excluding hydrogens is 246 g/mol. The van der Waals surface area contributed by atoms with Gasteiger partial charge in [0.05, 0.1) is 6.54 Å². The Kier molecular flexibility index (Phi) is 4.78. The predicted octanol–water partition coefficient (Wildman–Crippen LogP) is 1.35. The topological polar surface area (TPSA) is 68.1 Å². The molecule has 0 bridgehead atoms. The summed E-state index contributed by atoms with van der Waals surface area (Å²) in [6, 6.07) is 6.98. The van der Waals surface area contributed by atoms with Crippen molar-refractivity contribution in [2.24, 2.45) is 4.99 Å². The molecule has 1 aromatic carbocycles. The van der Waals surface area contributed by atoms with Crippen molar-refractivity contribution in [1.29, 1.82) is 0 Å². The van der Waals surface area contributed by atoms with E-state index in [0.717, 1.165) is 5.56 Å². The second-order valence-corrected chi connectivity index (χ2v) is 3.24. The van der Waals surface area contributed by atoms with Gasteiger partial charge < -0.3 is 14.6 Å². The Morgan fingerprint density at radius 3 is 2.65 bits per heavy atom. The molecule has 1 heterocycles. The number of halogens is 1. The maximum absolute atomic E-state index is 10.3. The SMILES string of the molecule is Cl.O=C(O)COc1ccc(C2=NCCO2)cc1. The van der Waals surface area contributed by atoms with E-state index in [1.54, 1.807) is 24.3 Å². The van der Waals surface area contributed by atoms with Crippen molar-refractivity contribution < 1.29 is 19.4 Å². The van der Waals surface area contributed by atoms with Crippen molar-refractivity contribution in [3.05, 3.63) is 29.8 Å². The second-order valence-electron chi connectivity index (χ2n) is 3.24. The van der Waals surface area contributed by atoms with E-state index in [0.29, 0.717) is 24.8 Å². The van der Waals surface area contributed by atoms with Crippen molar-refractivity contribution in [3.8, 4) is 5.75 Å². The van der Waals surface area contributed by atoms with Crippen LogP contribution in [0.15, 0.2) is 29.3 Å². The molecule has 0 amide bonds. The number of carboxylic acid groups (broad SMARTS) is 1. The van der Waals surface area contributed by atoms with Gasteiger partial charge in [0.1, 0.15) is 12.4 Å². The zero-order valence-corrected chi connectivity index (χ0v) is 9.77. The van der Waals surface area contributed by atoms with Crippen LogP contribution in [0.4, 0.5) is 0 Å². The number of nitrogens with zero attached hydrogens (tertiary/aromatic N) is 1. The molecule has 0 fully saturated rings. The van der Waals surface area contributed by atoms with Gasteiger partial charge in [-0.15, -0.1) is 12.4 Å². The lowest BCUT2D eigenvalue weighted by Gasteiger charge is -2.04. The van der Waals surface area contributed by atoms with Crippen molar-refractivity contribution in [2.45, 2.75) is 0 Å². The molecule has 0 aliphatic carbocycles. The van der Waals surface area contributed by atoms with Gasteiger partial charge in [-0.3, -0.25) is 0 Å². The molecule has 0 radical (unpaired) electrons. The molecular formula is C11H12ClNO4. The third kappa shape index (κ3) is 3.64. The predicted molar refractivity (Wildman–Crippen MR) is 64.2 cm³/mol. The van der Waals surface area contributed by atoms with Crippen molar-refractivity contribution in [1.82, 2.24) is 0 Å². The summed E-state index contributed by atoms with van der Waals surface area (Å²) in [5.41, 5.74) is 0.875. The largest absolute Gasteiger partial charge is 0.482 e. The standard InChI is InChI=1S/C11H11NO4.ClH/c13-10(14)7-16-9-3-1-8(2-4-9)11-12-5-6-15-11;/h1-4H,5-7H2,(H,13,14);1H. The summed E-state index contributed by atoms with van der Waals surface area (Å²) < 4.78 is 10.3. The number of aliphatic carboxylic acids is 1. The molecule has 1 aromatic rings. The Bertz CT molecular complexity index is 416. The van der Waals surface area contributed by atoms with Crippen LogP contribution < -0.4 is 4.74 Å².